The molecule has 34 heavy (non-hydrogen) atoms. The number of aliphatic hydroxyl groups excluding tert-OH is 4. The van der Waals surface area contributed by atoms with Crippen LogP contribution in [0.4, 0.5) is 0 Å². The Morgan fingerprint density at radius 2 is 1.65 bits per heavy atom. The van der Waals surface area contributed by atoms with Crippen LogP contribution < -0.4 is 19.6 Å². The molecule has 5 atom stereocenters. The molecule has 2 aromatic carbocycles. The second-order valence-corrected chi connectivity index (χ2v) is 7.65. The summed E-state index contributed by atoms with van der Waals surface area (Å²) in [4.78, 5) is 12.9. The fraction of sp³-hybridized carbons (Fsp3) is 0.348. The van der Waals surface area contributed by atoms with Crippen molar-refractivity contribution in [3.8, 4) is 34.3 Å². The van der Waals surface area contributed by atoms with Crippen LogP contribution in [0.1, 0.15) is 0 Å². The third kappa shape index (κ3) is 4.15. The van der Waals surface area contributed by atoms with E-state index < -0.39 is 42.7 Å². The zero-order chi connectivity index (χ0) is 24.6. The molecule has 2 heterocycles. The van der Waals surface area contributed by atoms with Gasteiger partial charge in [0.15, 0.2) is 5.76 Å². The molecule has 11 heteroatoms. The first-order valence-electron chi connectivity index (χ1n) is 10.3. The van der Waals surface area contributed by atoms with Gasteiger partial charge in [-0.25, -0.2) is 0 Å². The van der Waals surface area contributed by atoms with Gasteiger partial charge in [0.05, 0.1) is 20.8 Å². The Hall–Kier alpha value is -3.35. The summed E-state index contributed by atoms with van der Waals surface area (Å²) >= 11 is 0. The Morgan fingerprint density at radius 3 is 2.26 bits per heavy atom. The maximum Gasteiger partial charge on any atom is 0.239 e. The fourth-order valence-electron chi connectivity index (χ4n) is 3.73. The second kappa shape index (κ2) is 9.49. The third-order valence-corrected chi connectivity index (χ3v) is 5.56. The van der Waals surface area contributed by atoms with Crippen LogP contribution in [0.2, 0.25) is 0 Å². The summed E-state index contributed by atoms with van der Waals surface area (Å²) in [5.74, 6) is 0.209. The van der Waals surface area contributed by atoms with Gasteiger partial charge in [0.25, 0.3) is 0 Å². The topological polar surface area (TPSA) is 168 Å². The number of rotatable bonds is 6. The molecule has 1 saturated heterocycles. The minimum absolute atomic E-state index is 0.0519. The van der Waals surface area contributed by atoms with E-state index in [2.05, 4.69) is 0 Å². The third-order valence-electron chi connectivity index (χ3n) is 5.56. The molecule has 1 aromatic heterocycles. The molecule has 4 rings (SSSR count). The average molecular weight is 476 g/mol. The summed E-state index contributed by atoms with van der Waals surface area (Å²) in [6.45, 7) is -0.578. The number of phenols is 1. The van der Waals surface area contributed by atoms with Crippen molar-refractivity contribution >= 4 is 11.0 Å². The normalized spacial score (nSPS) is 24.7. The molecule has 0 saturated carbocycles. The van der Waals surface area contributed by atoms with E-state index in [0.717, 1.165) is 0 Å². The summed E-state index contributed by atoms with van der Waals surface area (Å²) in [6, 6.07) is 8.89. The van der Waals surface area contributed by atoms with Gasteiger partial charge in [-0.05, 0) is 24.3 Å². The van der Waals surface area contributed by atoms with Gasteiger partial charge < -0.3 is 48.9 Å². The number of fused-ring (bicyclic) bond motifs is 1. The molecule has 11 nitrogen and oxygen atoms in total. The minimum atomic E-state index is -1.57. The van der Waals surface area contributed by atoms with E-state index >= 15 is 0 Å². The number of aromatic hydroxyl groups is 1. The molecular weight excluding hydrogens is 452 g/mol. The van der Waals surface area contributed by atoms with Crippen LogP contribution in [0, 0.1) is 0 Å². The SMILES string of the molecule is COc1cc(O)c2c(=O)c(OC)c(-c3ccc(OC4OC(CO)C(O)C(O)C4O)cc3)oc2c1. The monoisotopic (exact) mass is 476 g/mol. The van der Waals surface area contributed by atoms with Crippen molar-refractivity contribution in [2.45, 2.75) is 30.7 Å². The highest BCUT2D eigenvalue weighted by Gasteiger charge is 2.44. The highest BCUT2D eigenvalue weighted by atomic mass is 16.7. The first-order chi connectivity index (χ1) is 16.3. The van der Waals surface area contributed by atoms with Crippen molar-refractivity contribution in [2.75, 3.05) is 20.8 Å². The summed E-state index contributed by atoms with van der Waals surface area (Å²) in [6.07, 6.45) is -7.07. The van der Waals surface area contributed by atoms with E-state index in [9.17, 15) is 30.3 Å². The van der Waals surface area contributed by atoms with E-state index in [1.165, 1.54) is 38.5 Å². The van der Waals surface area contributed by atoms with Crippen molar-refractivity contribution in [1.29, 1.82) is 0 Å². The number of hydrogen-bond donors (Lipinski definition) is 5. The highest BCUT2D eigenvalue weighted by molar-refractivity contribution is 5.88. The number of methoxy groups -OCH3 is 2. The Kier molecular flexibility index (Phi) is 6.64. The molecule has 0 bridgehead atoms. The molecule has 0 spiro atoms. The molecule has 1 aliphatic rings. The number of ether oxygens (including phenoxy) is 4. The van der Waals surface area contributed by atoms with E-state index in [0.29, 0.717) is 11.3 Å². The predicted octanol–water partition coefficient (Wildman–Crippen LogP) is 0.361. The molecule has 5 unspecified atom stereocenters. The molecule has 0 radical (unpaired) electrons. The van der Waals surface area contributed by atoms with E-state index in [4.69, 9.17) is 23.4 Å². The second-order valence-electron chi connectivity index (χ2n) is 7.65. The Bertz CT molecular complexity index is 1220. The quantitative estimate of drug-likeness (QED) is 0.333. The van der Waals surface area contributed by atoms with Gasteiger partial charge in [-0.15, -0.1) is 0 Å². The molecule has 5 N–H and O–H groups in total. The van der Waals surface area contributed by atoms with Gasteiger partial charge in [0.1, 0.15) is 52.6 Å². The van der Waals surface area contributed by atoms with Crippen LogP contribution in [0.15, 0.2) is 45.6 Å². The smallest absolute Gasteiger partial charge is 0.239 e. The van der Waals surface area contributed by atoms with Crippen LogP contribution in [0.5, 0.6) is 23.0 Å². The van der Waals surface area contributed by atoms with Gasteiger partial charge in [0, 0.05) is 17.7 Å². The van der Waals surface area contributed by atoms with Gasteiger partial charge in [-0.2, -0.15) is 0 Å². The zero-order valence-electron chi connectivity index (χ0n) is 18.2. The molecule has 0 amide bonds. The van der Waals surface area contributed by atoms with E-state index in [1.54, 1.807) is 12.1 Å². The first kappa shape index (κ1) is 23.8. The van der Waals surface area contributed by atoms with E-state index in [-0.39, 0.29) is 34.0 Å². The molecule has 3 aromatic rings. The van der Waals surface area contributed by atoms with Crippen LogP contribution in [-0.2, 0) is 4.74 Å². The van der Waals surface area contributed by atoms with E-state index in [1.807, 2.05) is 0 Å². The number of benzene rings is 2. The fourth-order valence-corrected chi connectivity index (χ4v) is 3.73. The molecule has 1 aliphatic heterocycles. The summed E-state index contributed by atoms with van der Waals surface area (Å²) in [5.41, 5.74) is -0.0286. The lowest BCUT2D eigenvalue weighted by molar-refractivity contribution is -0.277. The Labute approximate surface area is 192 Å². The number of phenolic OH excluding ortho intramolecular Hbond substituents is 1. The molecule has 1 fully saturated rings. The minimum Gasteiger partial charge on any atom is -0.507 e. The molecule has 0 aliphatic carbocycles. The lowest BCUT2D eigenvalue weighted by Gasteiger charge is -2.39. The zero-order valence-corrected chi connectivity index (χ0v) is 18.2. The summed E-state index contributed by atoms with van der Waals surface area (Å²) < 4.78 is 27.2. The maximum absolute atomic E-state index is 12.9. The van der Waals surface area contributed by atoms with Crippen molar-refractivity contribution in [2.24, 2.45) is 0 Å². The lowest BCUT2D eigenvalue weighted by Crippen LogP contribution is -2.60. The standard InChI is InChI=1S/C23H24O11/c1-30-12-7-13(25)16-14(8-12)33-21(22(31-2)18(16)27)10-3-5-11(6-4-10)32-23-20(29)19(28)17(26)15(9-24)34-23/h3-8,15,17,19-20,23-26,28-29H,9H2,1-2H3. The summed E-state index contributed by atoms with van der Waals surface area (Å²) in [5, 5.41) is 49.4. The van der Waals surface area contributed by atoms with Gasteiger partial charge in [0.2, 0.25) is 17.5 Å². The van der Waals surface area contributed by atoms with Crippen molar-refractivity contribution < 1.29 is 48.9 Å². The highest BCUT2D eigenvalue weighted by Crippen LogP contribution is 2.36. The largest absolute Gasteiger partial charge is 0.507 e. The van der Waals surface area contributed by atoms with Crippen LogP contribution in [-0.4, -0.2) is 77.1 Å². The summed E-state index contributed by atoms with van der Waals surface area (Å²) in [7, 11) is 2.72. The number of aliphatic hydroxyl groups is 4. The molecular formula is C23H24O11. The van der Waals surface area contributed by atoms with Gasteiger partial charge in [-0.3, -0.25) is 4.79 Å². The molecule has 182 valence electrons. The van der Waals surface area contributed by atoms with Gasteiger partial charge in [-0.1, -0.05) is 0 Å². The van der Waals surface area contributed by atoms with Gasteiger partial charge >= 0.3 is 0 Å². The van der Waals surface area contributed by atoms with Crippen LogP contribution in [0.3, 0.4) is 0 Å². The first-order valence-corrected chi connectivity index (χ1v) is 10.3. The Balaban J connectivity index is 1.66. The van der Waals surface area contributed by atoms with Crippen molar-refractivity contribution in [3.63, 3.8) is 0 Å². The van der Waals surface area contributed by atoms with Crippen LogP contribution in [0.25, 0.3) is 22.3 Å². The maximum atomic E-state index is 12.9. The van der Waals surface area contributed by atoms with Crippen LogP contribution >= 0.6 is 0 Å². The number of hydrogen-bond acceptors (Lipinski definition) is 11. The average Bonchev–Trinajstić information content (AvgIpc) is 2.84. The van der Waals surface area contributed by atoms with Crippen molar-refractivity contribution in [3.05, 3.63) is 46.6 Å². The van der Waals surface area contributed by atoms with Crippen molar-refractivity contribution in [1.82, 2.24) is 0 Å². The lowest BCUT2D eigenvalue weighted by atomic mass is 9.99. The Morgan fingerprint density at radius 1 is 0.941 bits per heavy atom. The predicted molar refractivity (Wildman–Crippen MR) is 117 cm³/mol.